The third-order valence-corrected chi connectivity index (χ3v) is 8.44. The van der Waals surface area contributed by atoms with Gasteiger partial charge < -0.3 is 5.11 Å². The fraction of sp³-hybridized carbons (Fsp3) is 0.727. The standard InChI is InChI=1S/2C8H15.C6HF5O.Al/c2*1-2-4-6-8-7-5-3-1;7-1-2(8)4(10)6(12)5(11)3(1)9;/h2*1H,2-8H2;12H;/q;;;+1/p-1. The van der Waals surface area contributed by atoms with Gasteiger partial charge in [-0.05, 0) is 5.75 Å². The number of hydrogen-bond donors (Lipinski definition) is 0. The molecule has 2 saturated carbocycles. The van der Waals surface area contributed by atoms with Crippen LogP contribution in [0.3, 0.4) is 0 Å². The van der Waals surface area contributed by atoms with Gasteiger partial charge in [0.05, 0.1) is 0 Å². The van der Waals surface area contributed by atoms with Crippen LogP contribution >= 0.6 is 0 Å². The van der Waals surface area contributed by atoms with Crippen LogP contribution < -0.4 is 5.11 Å². The maximum absolute atomic E-state index is 12.1. The molecule has 0 radical (unpaired) electrons. The van der Waals surface area contributed by atoms with Gasteiger partial charge in [0, 0.05) is 0 Å². The Morgan fingerprint density at radius 3 is 1.10 bits per heavy atom. The molecule has 1 aromatic carbocycles. The van der Waals surface area contributed by atoms with Crippen LogP contribution in [0.4, 0.5) is 22.0 Å². The molecule has 2 fully saturated rings. The second kappa shape index (κ2) is 12.8. The Morgan fingerprint density at radius 1 is 0.483 bits per heavy atom. The minimum absolute atomic E-state index is 0.780. The van der Waals surface area contributed by atoms with Crippen molar-refractivity contribution in [2.75, 3.05) is 0 Å². The Labute approximate surface area is 176 Å². The van der Waals surface area contributed by atoms with Gasteiger partial charge in [-0.15, -0.1) is 0 Å². The van der Waals surface area contributed by atoms with E-state index in [2.05, 4.69) is 0 Å². The van der Waals surface area contributed by atoms with Crippen molar-refractivity contribution in [3.05, 3.63) is 29.1 Å². The molecule has 1 aromatic rings. The van der Waals surface area contributed by atoms with E-state index in [9.17, 15) is 27.1 Å². The van der Waals surface area contributed by atoms with Crippen molar-refractivity contribution < 1.29 is 27.1 Å². The van der Waals surface area contributed by atoms with Gasteiger partial charge in [0.1, 0.15) is 0 Å². The van der Waals surface area contributed by atoms with Crippen molar-refractivity contribution in [3.63, 3.8) is 0 Å². The molecule has 7 heteroatoms. The molecular weight excluding hydrogens is 402 g/mol. The van der Waals surface area contributed by atoms with Gasteiger partial charge >= 0.3 is 115 Å². The minimum atomic E-state index is -2.33. The van der Waals surface area contributed by atoms with Crippen LogP contribution in [0.5, 0.6) is 5.75 Å². The SMILES string of the molecule is C1CCC[CH]([Al+][CH]2CCCCCCC2)CCC1.[O-]c1c(F)c(F)c(F)c(F)c1F. The largest absolute Gasteiger partial charge is 0.868 e. The van der Waals surface area contributed by atoms with Gasteiger partial charge in [-0.2, -0.15) is 0 Å². The van der Waals surface area contributed by atoms with E-state index < -0.39 is 34.8 Å². The zero-order chi connectivity index (χ0) is 21.2. The molecule has 162 valence electrons. The van der Waals surface area contributed by atoms with Crippen molar-refractivity contribution in [1.29, 1.82) is 0 Å². The van der Waals surface area contributed by atoms with E-state index in [0.717, 1.165) is 15.2 Å². The van der Waals surface area contributed by atoms with Gasteiger partial charge in [0.2, 0.25) is 0 Å². The Morgan fingerprint density at radius 2 is 0.759 bits per heavy atom. The van der Waals surface area contributed by atoms with Crippen LogP contribution in [0.15, 0.2) is 0 Å². The molecule has 2 aliphatic carbocycles. The summed E-state index contributed by atoms with van der Waals surface area (Å²) < 4.78 is 62.8. The quantitative estimate of drug-likeness (QED) is 0.210. The second-order valence-corrected chi connectivity index (χ2v) is 10.6. The number of halogens is 5. The van der Waals surface area contributed by atoms with Crippen molar-refractivity contribution >= 4 is 15.2 Å². The molecule has 0 N–H and O–H groups in total. The minimum Gasteiger partial charge on any atom is -0.868 e. The van der Waals surface area contributed by atoms with E-state index in [1.807, 2.05) is 0 Å². The van der Waals surface area contributed by atoms with Crippen LogP contribution in [0.2, 0.25) is 9.56 Å². The monoisotopic (exact) mass is 432 g/mol. The van der Waals surface area contributed by atoms with E-state index in [-0.39, 0.29) is 0 Å². The number of hydrogen-bond acceptors (Lipinski definition) is 1. The Balaban J connectivity index is 0.000000221. The normalized spacial score (nSPS) is 19.8. The summed E-state index contributed by atoms with van der Waals surface area (Å²) >= 11 is 0.780. The molecule has 0 amide bonds. The van der Waals surface area contributed by atoms with E-state index in [4.69, 9.17) is 0 Å². The van der Waals surface area contributed by atoms with Gasteiger partial charge in [0.25, 0.3) is 0 Å². The molecule has 0 aliphatic heterocycles. The number of rotatable bonds is 2. The Bertz CT molecular complexity index is 499. The van der Waals surface area contributed by atoms with Gasteiger partial charge in [-0.1, -0.05) is 0 Å². The maximum Gasteiger partial charge on any atom is 0.200 e. The van der Waals surface area contributed by atoms with Crippen molar-refractivity contribution in [3.8, 4) is 5.75 Å². The van der Waals surface area contributed by atoms with Crippen LogP contribution in [0.25, 0.3) is 0 Å². The summed E-state index contributed by atoms with van der Waals surface area (Å²) in [7, 11) is 0. The Kier molecular flexibility index (Phi) is 10.8. The molecule has 0 aromatic heterocycles. The van der Waals surface area contributed by atoms with Crippen molar-refractivity contribution in [1.82, 2.24) is 0 Å². The third-order valence-electron chi connectivity index (χ3n) is 6.01. The molecule has 29 heavy (non-hydrogen) atoms. The molecule has 0 unspecified atom stereocenters. The topological polar surface area (TPSA) is 23.1 Å². The van der Waals surface area contributed by atoms with Crippen LogP contribution in [-0.4, -0.2) is 15.2 Å². The molecule has 0 heterocycles. The summed E-state index contributed by atoms with van der Waals surface area (Å²) in [4.78, 5) is 0. The molecule has 3 rings (SSSR count). The first kappa shape index (κ1) is 24.5. The van der Waals surface area contributed by atoms with Crippen molar-refractivity contribution in [2.45, 2.75) is 99.5 Å². The predicted molar refractivity (Wildman–Crippen MR) is 104 cm³/mol. The van der Waals surface area contributed by atoms with Crippen LogP contribution in [-0.2, 0) is 0 Å². The zero-order valence-electron chi connectivity index (χ0n) is 16.9. The van der Waals surface area contributed by atoms with E-state index in [1.54, 1.807) is 51.4 Å². The summed E-state index contributed by atoms with van der Waals surface area (Å²) in [5.41, 5.74) is 0. The molecule has 0 spiro atoms. The maximum atomic E-state index is 12.1. The third kappa shape index (κ3) is 7.75. The van der Waals surface area contributed by atoms with Crippen molar-refractivity contribution in [2.24, 2.45) is 0 Å². The summed E-state index contributed by atoms with van der Waals surface area (Å²) in [6.45, 7) is 0. The van der Waals surface area contributed by atoms with Gasteiger partial charge in [0.15, 0.2) is 29.1 Å². The van der Waals surface area contributed by atoms with Crippen LogP contribution in [0, 0.1) is 29.1 Å². The first-order valence-corrected chi connectivity index (χ1v) is 12.3. The van der Waals surface area contributed by atoms with Crippen LogP contribution in [0.1, 0.15) is 89.9 Å². The van der Waals surface area contributed by atoms with E-state index >= 15 is 0 Å². The van der Waals surface area contributed by atoms with E-state index in [0.29, 0.717) is 0 Å². The molecule has 0 bridgehead atoms. The molecule has 0 saturated heterocycles. The molecule has 1 nitrogen and oxygen atoms in total. The number of benzene rings is 1. The molecular formula is C22H30AlF5O. The fourth-order valence-electron chi connectivity index (χ4n) is 4.33. The summed E-state index contributed by atoms with van der Waals surface area (Å²) in [5, 5.41) is 10.2. The average Bonchev–Trinajstić information content (AvgIpc) is 2.67. The fourth-order valence-corrected chi connectivity index (χ4v) is 6.81. The summed E-state index contributed by atoms with van der Waals surface area (Å²) in [5.74, 6) is -13.6. The summed E-state index contributed by atoms with van der Waals surface area (Å²) in [6, 6.07) is 0. The van der Waals surface area contributed by atoms with Gasteiger partial charge in [-0.3, -0.25) is 0 Å². The predicted octanol–water partition coefficient (Wildman–Crippen LogP) is 7.21. The zero-order valence-corrected chi connectivity index (χ0v) is 18.1. The average molecular weight is 432 g/mol. The van der Waals surface area contributed by atoms with Gasteiger partial charge in [-0.25, -0.2) is 22.0 Å². The molecule has 0 atom stereocenters. The Hall–Kier alpha value is -0.798. The first-order valence-electron chi connectivity index (χ1n) is 10.9. The second-order valence-electron chi connectivity index (χ2n) is 8.30. The summed E-state index contributed by atoms with van der Waals surface area (Å²) in [6.07, 6.45) is 21.7. The smallest absolute Gasteiger partial charge is 0.200 e. The van der Waals surface area contributed by atoms with E-state index in [1.165, 1.54) is 48.1 Å². The molecule has 2 aliphatic rings. The first-order chi connectivity index (χ1) is 13.9.